The quantitative estimate of drug-likeness (QED) is 0.617. The molecule has 0 saturated carbocycles. The van der Waals surface area contributed by atoms with E-state index >= 15 is 0 Å². The highest BCUT2D eigenvalue weighted by atomic mass is 19.4. The van der Waals surface area contributed by atoms with Crippen LogP contribution in [0.15, 0.2) is 42.5 Å². The summed E-state index contributed by atoms with van der Waals surface area (Å²) in [5, 5.41) is 4.21. The maximum Gasteiger partial charge on any atom is 0.416 e. The van der Waals surface area contributed by atoms with Crippen LogP contribution in [0.3, 0.4) is 0 Å². The van der Waals surface area contributed by atoms with Gasteiger partial charge in [-0.1, -0.05) is 24.0 Å². The highest BCUT2D eigenvalue weighted by Crippen LogP contribution is 2.29. The molecule has 2 aromatic rings. The fourth-order valence-corrected chi connectivity index (χ4v) is 1.82. The average molecular weight is 354 g/mol. The molecular formula is C17H11F5N2O. The first-order chi connectivity index (χ1) is 11.8. The molecular weight excluding hydrogens is 343 g/mol. The summed E-state index contributed by atoms with van der Waals surface area (Å²) in [6.45, 7) is -0.224. The fraction of sp³-hybridized carbons (Fsp3) is 0.118. The normalized spacial score (nSPS) is 10.6. The van der Waals surface area contributed by atoms with Gasteiger partial charge in [-0.3, -0.25) is 0 Å². The first-order valence-corrected chi connectivity index (χ1v) is 6.92. The Labute approximate surface area is 139 Å². The maximum absolute atomic E-state index is 13.4. The van der Waals surface area contributed by atoms with Crippen molar-refractivity contribution in [3.05, 3.63) is 65.2 Å². The van der Waals surface area contributed by atoms with Crippen LogP contribution in [0.25, 0.3) is 0 Å². The second-order valence-corrected chi connectivity index (χ2v) is 4.78. The van der Waals surface area contributed by atoms with Gasteiger partial charge in [0.2, 0.25) is 0 Å². The van der Waals surface area contributed by atoms with E-state index in [1.165, 1.54) is 12.1 Å². The molecule has 0 aromatic heterocycles. The Hall–Kier alpha value is -3.08. The van der Waals surface area contributed by atoms with Crippen LogP contribution in [-0.2, 0) is 6.18 Å². The Balaban J connectivity index is 1.93. The molecule has 0 aliphatic rings. The second kappa shape index (κ2) is 7.66. The molecule has 0 atom stereocenters. The summed E-state index contributed by atoms with van der Waals surface area (Å²) in [7, 11) is 0. The lowest BCUT2D eigenvalue weighted by Gasteiger charge is -2.07. The zero-order valence-corrected chi connectivity index (χ0v) is 12.5. The highest BCUT2D eigenvalue weighted by molar-refractivity contribution is 5.89. The number of para-hydroxylation sites is 1. The third-order valence-corrected chi connectivity index (χ3v) is 2.96. The molecule has 2 rings (SSSR count). The number of benzene rings is 2. The molecule has 0 radical (unpaired) electrons. The van der Waals surface area contributed by atoms with E-state index in [0.717, 1.165) is 30.3 Å². The summed E-state index contributed by atoms with van der Waals surface area (Å²) >= 11 is 0. The van der Waals surface area contributed by atoms with Gasteiger partial charge in [0, 0.05) is 5.56 Å². The Morgan fingerprint density at radius 1 is 1.04 bits per heavy atom. The number of carbonyl (C=O) groups excluding carboxylic acids is 1. The van der Waals surface area contributed by atoms with Gasteiger partial charge in [0.1, 0.15) is 17.3 Å². The first kappa shape index (κ1) is 18.3. The lowest BCUT2D eigenvalue weighted by atomic mass is 10.1. The molecule has 2 N–H and O–H groups in total. The zero-order valence-electron chi connectivity index (χ0n) is 12.5. The topological polar surface area (TPSA) is 41.1 Å². The van der Waals surface area contributed by atoms with Crippen LogP contribution in [0.2, 0.25) is 0 Å². The predicted molar refractivity (Wildman–Crippen MR) is 81.7 cm³/mol. The van der Waals surface area contributed by atoms with E-state index in [9.17, 15) is 26.7 Å². The highest BCUT2D eigenvalue weighted by Gasteiger charge is 2.30. The number of anilines is 1. The molecule has 0 heterocycles. The van der Waals surface area contributed by atoms with Gasteiger partial charge in [-0.25, -0.2) is 13.6 Å². The van der Waals surface area contributed by atoms with Crippen molar-refractivity contribution in [2.24, 2.45) is 0 Å². The standard InChI is InChI=1S/C17H11F5N2O/c18-13-7-2-8-14(19)15(13)24-16(25)23-9-3-5-11-4-1-6-12(10-11)17(20,21)22/h1-2,4,6-8,10H,9H2,(H2,23,24,25). The van der Waals surface area contributed by atoms with Gasteiger partial charge < -0.3 is 10.6 Å². The Morgan fingerprint density at radius 2 is 1.68 bits per heavy atom. The summed E-state index contributed by atoms with van der Waals surface area (Å²) in [5.41, 5.74) is -1.32. The van der Waals surface area contributed by atoms with Gasteiger partial charge in [0.15, 0.2) is 0 Å². The van der Waals surface area contributed by atoms with Gasteiger partial charge >= 0.3 is 12.2 Å². The average Bonchev–Trinajstić information content (AvgIpc) is 2.55. The van der Waals surface area contributed by atoms with Crippen molar-refractivity contribution in [1.29, 1.82) is 0 Å². The van der Waals surface area contributed by atoms with Crippen LogP contribution in [-0.4, -0.2) is 12.6 Å². The minimum atomic E-state index is -4.47. The molecule has 25 heavy (non-hydrogen) atoms. The SMILES string of the molecule is O=C(NCC#Cc1cccc(C(F)(F)F)c1)Nc1c(F)cccc1F. The smallest absolute Gasteiger partial charge is 0.327 e. The Morgan fingerprint density at radius 3 is 2.32 bits per heavy atom. The van der Waals surface area contributed by atoms with Crippen LogP contribution >= 0.6 is 0 Å². The van der Waals surface area contributed by atoms with Crippen LogP contribution < -0.4 is 10.6 Å². The minimum Gasteiger partial charge on any atom is -0.327 e. The lowest BCUT2D eigenvalue weighted by Crippen LogP contribution is -2.29. The monoisotopic (exact) mass is 354 g/mol. The molecule has 0 bridgehead atoms. The molecule has 3 nitrogen and oxygen atoms in total. The van der Waals surface area contributed by atoms with E-state index in [4.69, 9.17) is 0 Å². The summed E-state index contributed by atoms with van der Waals surface area (Å²) in [6.07, 6.45) is -4.47. The number of carbonyl (C=O) groups is 1. The van der Waals surface area contributed by atoms with Gasteiger partial charge in [0.05, 0.1) is 12.1 Å². The van der Waals surface area contributed by atoms with Gasteiger partial charge in [-0.2, -0.15) is 13.2 Å². The number of amides is 2. The molecule has 8 heteroatoms. The number of alkyl halides is 3. The van der Waals surface area contributed by atoms with Crippen LogP contribution in [0.4, 0.5) is 32.4 Å². The van der Waals surface area contributed by atoms with E-state index in [0.29, 0.717) is 0 Å². The molecule has 0 spiro atoms. The van der Waals surface area contributed by atoms with E-state index in [-0.39, 0.29) is 12.1 Å². The van der Waals surface area contributed by atoms with Crippen LogP contribution in [0, 0.1) is 23.5 Å². The molecule has 130 valence electrons. The third-order valence-electron chi connectivity index (χ3n) is 2.96. The second-order valence-electron chi connectivity index (χ2n) is 4.78. The number of halogens is 5. The number of rotatable bonds is 2. The van der Waals surface area contributed by atoms with Gasteiger partial charge in [0.25, 0.3) is 0 Å². The maximum atomic E-state index is 13.4. The molecule has 0 aliphatic heterocycles. The van der Waals surface area contributed by atoms with Crippen molar-refractivity contribution in [1.82, 2.24) is 5.32 Å². The van der Waals surface area contributed by atoms with Crippen molar-refractivity contribution in [2.45, 2.75) is 6.18 Å². The van der Waals surface area contributed by atoms with Crippen LogP contribution in [0.5, 0.6) is 0 Å². The van der Waals surface area contributed by atoms with E-state index in [1.54, 1.807) is 0 Å². The summed E-state index contributed by atoms with van der Waals surface area (Å²) in [4.78, 5) is 11.5. The third kappa shape index (κ3) is 5.21. The van der Waals surface area contributed by atoms with Crippen molar-refractivity contribution in [3.8, 4) is 11.8 Å². The van der Waals surface area contributed by atoms with Gasteiger partial charge in [-0.15, -0.1) is 0 Å². The predicted octanol–water partition coefficient (Wildman–Crippen LogP) is 4.16. The van der Waals surface area contributed by atoms with Crippen LogP contribution in [0.1, 0.15) is 11.1 Å². The van der Waals surface area contributed by atoms with E-state index < -0.39 is 35.1 Å². The van der Waals surface area contributed by atoms with Gasteiger partial charge in [-0.05, 0) is 30.3 Å². The van der Waals surface area contributed by atoms with Crippen molar-refractivity contribution in [2.75, 3.05) is 11.9 Å². The number of nitrogens with one attached hydrogen (secondary N) is 2. The Kier molecular flexibility index (Phi) is 5.60. The number of urea groups is 1. The first-order valence-electron chi connectivity index (χ1n) is 6.92. The summed E-state index contributed by atoms with van der Waals surface area (Å²) in [6, 6.07) is 6.60. The van der Waals surface area contributed by atoms with Crippen molar-refractivity contribution < 1.29 is 26.7 Å². The molecule has 0 aliphatic carbocycles. The Bertz CT molecular complexity index is 817. The van der Waals surface area contributed by atoms with E-state index in [2.05, 4.69) is 17.2 Å². The van der Waals surface area contributed by atoms with E-state index in [1.807, 2.05) is 5.32 Å². The minimum absolute atomic E-state index is 0.122. The zero-order chi connectivity index (χ0) is 18.4. The van der Waals surface area contributed by atoms with Crippen molar-refractivity contribution >= 4 is 11.7 Å². The molecule has 0 fully saturated rings. The number of hydrogen-bond donors (Lipinski definition) is 2. The molecule has 2 amide bonds. The fourth-order valence-electron chi connectivity index (χ4n) is 1.82. The largest absolute Gasteiger partial charge is 0.416 e. The molecule has 0 saturated heterocycles. The molecule has 2 aromatic carbocycles. The number of hydrogen-bond acceptors (Lipinski definition) is 1. The lowest BCUT2D eigenvalue weighted by molar-refractivity contribution is -0.137. The summed E-state index contributed by atoms with van der Waals surface area (Å²) in [5.74, 6) is 3.03. The summed E-state index contributed by atoms with van der Waals surface area (Å²) < 4.78 is 64.4. The molecule has 0 unspecified atom stereocenters. The van der Waals surface area contributed by atoms with Crippen molar-refractivity contribution in [3.63, 3.8) is 0 Å².